The van der Waals surface area contributed by atoms with Gasteiger partial charge in [0.2, 0.25) is 0 Å². The summed E-state index contributed by atoms with van der Waals surface area (Å²) < 4.78 is 0. The van der Waals surface area contributed by atoms with Crippen LogP contribution < -0.4 is 5.73 Å². The van der Waals surface area contributed by atoms with Gasteiger partial charge in [-0.3, -0.25) is 0 Å². The highest BCUT2D eigenvalue weighted by Gasteiger charge is 2.04. The number of pyridine rings is 1. The van der Waals surface area contributed by atoms with E-state index >= 15 is 0 Å². The lowest BCUT2D eigenvalue weighted by atomic mass is 10.1. The smallest absolute Gasteiger partial charge is 0.124 e. The Morgan fingerprint density at radius 3 is 2.58 bits per heavy atom. The van der Waals surface area contributed by atoms with E-state index in [0.717, 1.165) is 21.2 Å². The number of nitrogens with zero attached hydrogens (tertiary/aromatic N) is 1. The summed E-state index contributed by atoms with van der Waals surface area (Å²) in [5.74, 6) is 0. The zero-order valence-electron chi connectivity index (χ0n) is 10.6. The molecule has 1 heterocycles. The molecule has 3 heteroatoms. The van der Waals surface area contributed by atoms with Gasteiger partial charge in [0, 0.05) is 11.1 Å². The minimum atomic E-state index is 0.734. The lowest BCUT2D eigenvalue weighted by Gasteiger charge is -2.06. The van der Waals surface area contributed by atoms with Crippen molar-refractivity contribution in [1.82, 2.24) is 4.98 Å². The maximum atomic E-state index is 6.00. The molecule has 2 aromatic carbocycles. The summed E-state index contributed by atoms with van der Waals surface area (Å²) in [5, 5.41) is 3.34. The monoisotopic (exact) mass is 266 g/mol. The Labute approximate surface area is 116 Å². The number of nitrogens with two attached hydrogens (primary N) is 1. The van der Waals surface area contributed by atoms with Crippen molar-refractivity contribution in [3.63, 3.8) is 0 Å². The van der Waals surface area contributed by atoms with Crippen LogP contribution >= 0.6 is 11.8 Å². The van der Waals surface area contributed by atoms with Gasteiger partial charge in [0.1, 0.15) is 5.03 Å². The maximum absolute atomic E-state index is 6.00. The Morgan fingerprint density at radius 2 is 1.79 bits per heavy atom. The van der Waals surface area contributed by atoms with E-state index in [9.17, 15) is 0 Å². The van der Waals surface area contributed by atoms with Gasteiger partial charge in [0.15, 0.2) is 0 Å². The van der Waals surface area contributed by atoms with Gasteiger partial charge in [-0.25, -0.2) is 4.98 Å². The summed E-state index contributed by atoms with van der Waals surface area (Å²) in [6.07, 6.45) is 1.85. The first kappa shape index (κ1) is 12.1. The van der Waals surface area contributed by atoms with Crippen molar-refractivity contribution >= 4 is 28.2 Å². The molecular formula is C16H14N2S. The summed E-state index contributed by atoms with van der Waals surface area (Å²) in [6, 6.07) is 16.7. The number of fused-ring (bicyclic) bond motifs is 1. The van der Waals surface area contributed by atoms with Crippen molar-refractivity contribution < 1.29 is 0 Å². The van der Waals surface area contributed by atoms with Crippen LogP contribution in [0.15, 0.2) is 64.6 Å². The Balaban J connectivity index is 1.96. The summed E-state index contributed by atoms with van der Waals surface area (Å²) in [7, 11) is 0. The number of anilines is 1. The second-order valence-electron chi connectivity index (χ2n) is 4.52. The quantitative estimate of drug-likeness (QED) is 0.752. The molecule has 0 unspecified atom stereocenters. The molecule has 0 saturated heterocycles. The molecule has 0 aliphatic rings. The van der Waals surface area contributed by atoms with Crippen LogP contribution in [0.4, 0.5) is 5.69 Å². The normalized spacial score (nSPS) is 10.8. The van der Waals surface area contributed by atoms with Crippen molar-refractivity contribution in [3.05, 3.63) is 60.3 Å². The van der Waals surface area contributed by atoms with Gasteiger partial charge in [0.05, 0.1) is 5.69 Å². The molecule has 0 spiro atoms. The Hall–Kier alpha value is -2.00. The maximum Gasteiger partial charge on any atom is 0.124 e. The number of aromatic nitrogens is 1. The molecule has 0 aliphatic heterocycles. The molecule has 2 nitrogen and oxygen atoms in total. The first-order valence-corrected chi connectivity index (χ1v) is 6.93. The standard InChI is InChI=1S/C16H14N2S/c1-11-8-15(17)16(18-10-11)19-14-7-6-12-4-2-3-5-13(12)9-14/h2-10H,17H2,1H3. The number of rotatable bonds is 2. The molecule has 2 N–H and O–H groups in total. The number of hydrogen-bond donors (Lipinski definition) is 1. The fourth-order valence-electron chi connectivity index (χ4n) is 2.01. The van der Waals surface area contributed by atoms with Crippen LogP contribution in [0.25, 0.3) is 10.8 Å². The van der Waals surface area contributed by atoms with E-state index in [1.165, 1.54) is 10.8 Å². The Morgan fingerprint density at radius 1 is 1.00 bits per heavy atom. The molecule has 0 radical (unpaired) electrons. The van der Waals surface area contributed by atoms with Gasteiger partial charge < -0.3 is 5.73 Å². The second kappa shape index (κ2) is 4.94. The predicted molar refractivity (Wildman–Crippen MR) is 81.5 cm³/mol. The van der Waals surface area contributed by atoms with Crippen LogP contribution in [-0.4, -0.2) is 4.98 Å². The highest BCUT2D eigenvalue weighted by Crippen LogP contribution is 2.32. The fourth-order valence-corrected chi connectivity index (χ4v) is 2.83. The lowest BCUT2D eigenvalue weighted by Crippen LogP contribution is -1.92. The average molecular weight is 266 g/mol. The highest BCUT2D eigenvalue weighted by molar-refractivity contribution is 7.99. The molecule has 19 heavy (non-hydrogen) atoms. The molecule has 3 rings (SSSR count). The Kier molecular flexibility index (Phi) is 3.13. The van der Waals surface area contributed by atoms with E-state index < -0.39 is 0 Å². The summed E-state index contributed by atoms with van der Waals surface area (Å²) in [5.41, 5.74) is 7.82. The van der Waals surface area contributed by atoms with Crippen LogP contribution in [0, 0.1) is 6.92 Å². The number of benzene rings is 2. The summed E-state index contributed by atoms with van der Waals surface area (Å²) in [4.78, 5) is 5.55. The lowest BCUT2D eigenvalue weighted by molar-refractivity contribution is 1.12. The molecule has 0 saturated carbocycles. The van der Waals surface area contributed by atoms with Crippen LogP contribution in [0.5, 0.6) is 0 Å². The van der Waals surface area contributed by atoms with Gasteiger partial charge in [-0.2, -0.15) is 0 Å². The largest absolute Gasteiger partial charge is 0.397 e. The molecule has 0 amide bonds. The minimum absolute atomic E-state index is 0.734. The summed E-state index contributed by atoms with van der Waals surface area (Å²) in [6.45, 7) is 1.99. The molecular weight excluding hydrogens is 252 g/mol. The SMILES string of the molecule is Cc1cnc(Sc2ccc3ccccc3c2)c(N)c1. The van der Waals surface area contributed by atoms with E-state index in [4.69, 9.17) is 5.73 Å². The first-order chi connectivity index (χ1) is 9.22. The summed E-state index contributed by atoms with van der Waals surface area (Å²) >= 11 is 1.60. The van der Waals surface area contributed by atoms with Gasteiger partial charge in [-0.1, -0.05) is 42.1 Å². The van der Waals surface area contributed by atoms with Gasteiger partial charge in [-0.05, 0) is 41.5 Å². The number of aryl methyl sites for hydroxylation is 1. The molecule has 0 bridgehead atoms. The van der Waals surface area contributed by atoms with E-state index in [2.05, 4.69) is 47.4 Å². The van der Waals surface area contributed by atoms with Gasteiger partial charge in [0.25, 0.3) is 0 Å². The van der Waals surface area contributed by atoms with Crippen molar-refractivity contribution in [3.8, 4) is 0 Å². The minimum Gasteiger partial charge on any atom is -0.397 e. The second-order valence-corrected chi connectivity index (χ2v) is 5.58. The molecule has 3 aromatic rings. The molecule has 0 aliphatic carbocycles. The number of nitrogen functional groups attached to an aromatic ring is 1. The third-order valence-corrected chi connectivity index (χ3v) is 3.98. The Bertz CT molecular complexity index is 738. The third kappa shape index (κ3) is 2.56. The van der Waals surface area contributed by atoms with Crippen LogP contribution in [0.3, 0.4) is 0 Å². The first-order valence-electron chi connectivity index (χ1n) is 6.11. The van der Waals surface area contributed by atoms with Crippen molar-refractivity contribution in [2.45, 2.75) is 16.8 Å². The highest BCUT2D eigenvalue weighted by atomic mass is 32.2. The zero-order valence-corrected chi connectivity index (χ0v) is 11.4. The topological polar surface area (TPSA) is 38.9 Å². The van der Waals surface area contributed by atoms with Crippen LogP contribution in [-0.2, 0) is 0 Å². The van der Waals surface area contributed by atoms with Gasteiger partial charge >= 0.3 is 0 Å². The van der Waals surface area contributed by atoms with Crippen molar-refractivity contribution in [2.75, 3.05) is 5.73 Å². The van der Waals surface area contributed by atoms with E-state index in [-0.39, 0.29) is 0 Å². The van der Waals surface area contributed by atoms with Crippen LogP contribution in [0.2, 0.25) is 0 Å². The molecule has 0 fully saturated rings. The zero-order chi connectivity index (χ0) is 13.2. The molecule has 94 valence electrons. The van der Waals surface area contributed by atoms with E-state index in [0.29, 0.717) is 0 Å². The fraction of sp³-hybridized carbons (Fsp3) is 0.0625. The van der Waals surface area contributed by atoms with Crippen molar-refractivity contribution in [1.29, 1.82) is 0 Å². The molecule has 0 atom stereocenters. The third-order valence-electron chi connectivity index (χ3n) is 2.95. The van der Waals surface area contributed by atoms with Crippen LogP contribution in [0.1, 0.15) is 5.56 Å². The van der Waals surface area contributed by atoms with Crippen molar-refractivity contribution in [2.24, 2.45) is 0 Å². The van der Waals surface area contributed by atoms with Gasteiger partial charge in [-0.15, -0.1) is 0 Å². The van der Waals surface area contributed by atoms with E-state index in [1.807, 2.05) is 19.2 Å². The number of hydrogen-bond acceptors (Lipinski definition) is 3. The molecule has 1 aromatic heterocycles. The average Bonchev–Trinajstić information content (AvgIpc) is 2.42. The predicted octanol–water partition coefficient (Wildman–Crippen LogP) is 4.28. The van der Waals surface area contributed by atoms with E-state index in [1.54, 1.807) is 11.8 Å².